The van der Waals surface area contributed by atoms with Gasteiger partial charge in [-0.25, -0.2) is 27.4 Å². The molecule has 0 atom stereocenters. The zero-order valence-corrected chi connectivity index (χ0v) is 26.1. The minimum Gasteiger partial charge on any atom is -0.381 e. The van der Waals surface area contributed by atoms with Crippen molar-refractivity contribution in [2.24, 2.45) is 0 Å². The zero-order chi connectivity index (χ0) is 30.3. The summed E-state index contributed by atoms with van der Waals surface area (Å²) >= 11 is 0. The lowest BCUT2D eigenvalue weighted by Gasteiger charge is -2.42. The van der Waals surface area contributed by atoms with Gasteiger partial charge < -0.3 is 15.5 Å². The van der Waals surface area contributed by atoms with E-state index in [1.807, 2.05) is 4.90 Å². The monoisotopic (exact) mass is 607 g/mol. The van der Waals surface area contributed by atoms with E-state index in [0.29, 0.717) is 49.3 Å². The number of hydrogen-bond donors (Lipinski definition) is 1. The van der Waals surface area contributed by atoms with Crippen LogP contribution >= 0.6 is 0 Å². The summed E-state index contributed by atoms with van der Waals surface area (Å²) in [5.41, 5.74) is 12.4. The number of aromatic nitrogens is 4. The third-order valence-electron chi connectivity index (χ3n) is 9.17. The van der Waals surface area contributed by atoms with Crippen molar-refractivity contribution in [1.82, 2.24) is 38.8 Å². The maximum atomic E-state index is 13.4. The molecule has 6 rings (SSSR count). The van der Waals surface area contributed by atoms with E-state index in [1.165, 1.54) is 21.4 Å². The van der Waals surface area contributed by atoms with E-state index in [0.717, 1.165) is 51.0 Å². The van der Waals surface area contributed by atoms with Crippen LogP contribution in [-0.4, -0.2) is 118 Å². The average Bonchev–Trinajstić information content (AvgIpc) is 3.51. The van der Waals surface area contributed by atoms with Gasteiger partial charge in [-0.1, -0.05) is 0 Å². The summed E-state index contributed by atoms with van der Waals surface area (Å²) in [6.07, 6.45) is 7.61. The van der Waals surface area contributed by atoms with Crippen LogP contribution in [0.1, 0.15) is 46.8 Å². The lowest BCUT2D eigenvalue weighted by molar-refractivity contribution is 0.0503. The molecule has 230 valence electrons. The van der Waals surface area contributed by atoms with Crippen molar-refractivity contribution in [2.75, 3.05) is 64.3 Å². The summed E-state index contributed by atoms with van der Waals surface area (Å²) in [7, 11) is -0.999. The Balaban J connectivity index is 1.11. The van der Waals surface area contributed by atoms with Gasteiger partial charge in [-0.05, 0) is 69.0 Å². The van der Waals surface area contributed by atoms with E-state index in [2.05, 4.69) is 46.0 Å². The molecule has 0 unspecified atom stereocenters. The first-order valence-electron chi connectivity index (χ1n) is 15.1. The van der Waals surface area contributed by atoms with Gasteiger partial charge in [-0.3, -0.25) is 9.69 Å². The fourth-order valence-corrected chi connectivity index (χ4v) is 7.73. The number of nitrogens with two attached hydrogens (primary N) is 1. The molecule has 0 spiro atoms. The Bertz CT molecular complexity index is 1610. The molecule has 12 nitrogen and oxygen atoms in total. The first-order valence-corrected chi connectivity index (χ1v) is 16.7. The second-order valence-electron chi connectivity index (χ2n) is 11.9. The van der Waals surface area contributed by atoms with Crippen molar-refractivity contribution >= 4 is 21.7 Å². The number of aryl methyl sites for hydroxylation is 1. The number of anilines is 1. The molecule has 2 fully saturated rings. The van der Waals surface area contributed by atoms with Crippen molar-refractivity contribution < 1.29 is 13.2 Å². The van der Waals surface area contributed by atoms with Gasteiger partial charge in [0.05, 0.1) is 29.4 Å². The van der Waals surface area contributed by atoms with Gasteiger partial charge in [-0.15, -0.1) is 0 Å². The predicted octanol–water partition coefficient (Wildman–Crippen LogP) is 1.78. The fourth-order valence-electron chi connectivity index (χ4n) is 6.60. The van der Waals surface area contributed by atoms with E-state index in [4.69, 9.17) is 10.7 Å². The molecule has 13 heteroatoms. The Morgan fingerprint density at radius 1 is 1.05 bits per heavy atom. The van der Waals surface area contributed by atoms with E-state index in [-0.39, 0.29) is 17.5 Å². The number of benzene rings is 1. The summed E-state index contributed by atoms with van der Waals surface area (Å²) < 4.78 is 27.5. The first-order chi connectivity index (χ1) is 20.6. The molecule has 3 aromatic rings. The van der Waals surface area contributed by atoms with Crippen molar-refractivity contribution in [3.63, 3.8) is 0 Å². The molecular formula is C30H41N9O3S. The number of amides is 1. The quantitative estimate of drug-likeness (QED) is 0.445. The molecule has 43 heavy (non-hydrogen) atoms. The van der Waals surface area contributed by atoms with Crippen LogP contribution in [-0.2, 0) is 23.0 Å². The SMILES string of the molecule is CCS(=O)(=O)N1CCC(N2CCN(C(=O)c3cnn(-c4nc(-c5cc(C)c6c(c5)CN(C)CC6)cnc4N)c3)CC2)CC1. The second kappa shape index (κ2) is 11.9. The second-order valence-corrected chi connectivity index (χ2v) is 14.2. The zero-order valence-electron chi connectivity index (χ0n) is 25.2. The maximum Gasteiger partial charge on any atom is 0.257 e. The number of rotatable bonds is 6. The van der Waals surface area contributed by atoms with Crippen LogP contribution in [0.2, 0.25) is 0 Å². The van der Waals surface area contributed by atoms with E-state index < -0.39 is 10.0 Å². The van der Waals surface area contributed by atoms with Crippen molar-refractivity contribution in [2.45, 2.75) is 45.7 Å². The number of likely N-dealkylation sites (N-methyl/N-ethyl adjacent to an activating group) is 1. The highest BCUT2D eigenvalue weighted by molar-refractivity contribution is 7.89. The Morgan fingerprint density at radius 3 is 2.51 bits per heavy atom. The number of nitrogen functional groups attached to an aromatic ring is 1. The molecule has 0 bridgehead atoms. The van der Waals surface area contributed by atoms with Gasteiger partial charge in [-0.2, -0.15) is 5.10 Å². The van der Waals surface area contributed by atoms with Crippen LogP contribution < -0.4 is 5.73 Å². The van der Waals surface area contributed by atoms with E-state index in [9.17, 15) is 13.2 Å². The van der Waals surface area contributed by atoms with E-state index >= 15 is 0 Å². The highest BCUT2D eigenvalue weighted by Crippen LogP contribution is 2.29. The van der Waals surface area contributed by atoms with Gasteiger partial charge in [0.15, 0.2) is 11.6 Å². The van der Waals surface area contributed by atoms with Crippen LogP contribution in [0.3, 0.4) is 0 Å². The molecule has 5 heterocycles. The Hall–Kier alpha value is -3.39. The normalized spacial score (nSPS) is 19.5. The highest BCUT2D eigenvalue weighted by atomic mass is 32.2. The Morgan fingerprint density at radius 2 is 1.79 bits per heavy atom. The number of nitrogens with zero attached hydrogens (tertiary/aromatic N) is 8. The summed E-state index contributed by atoms with van der Waals surface area (Å²) in [5, 5.41) is 4.43. The maximum absolute atomic E-state index is 13.4. The van der Waals surface area contributed by atoms with Gasteiger partial charge in [0.25, 0.3) is 5.91 Å². The number of piperazine rings is 1. The summed E-state index contributed by atoms with van der Waals surface area (Å²) in [6.45, 7) is 9.69. The third-order valence-corrected chi connectivity index (χ3v) is 11.1. The lowest BCUT2D eigenvalue weighted by Crippen LogP contribution is -2.54. The minimum atomic E-state index is -3.13. The molecule has 2 saturated heterocycles. The summed E-state index contributed by atoms with van der Waals surface area (Å²) in [4.78, 5) is 29.2. The molecule has 0 saturated carbocycles. The van der Waals surface area contributed by atoms with Crippen LogP contribution in [0.5, 0.6) is 0 Å². The molecule has 3 aliphatic rings. The fraction of sp³-hybridized carbons (Fsp3) is 0.533. The number of carbonyl (C=O) groups is 1. The Labute approximate surface area is 253 Å². The van der Waals surface area contributed by atoms with Gasteiger partial charge in [0, 0.05) is 70.2 Å². The highest BCUT2D eigenvalue weighted by Gasteiger charge is 2.32. The largest absolute Gasteiger partial charge is 0.381 e. The van der Waals surface area contributed by atoms with Crippen LogP contribution in [0, 0.1) is 6.92 Å². The first kappa shape index (κ1) is 29.7. The number of sulfonamides is 1. The number of hydrogen-bond acceptors (Lipinski definition) is 9. The third kappa shape index (κ3) is 6.03. The molecule has 2 aromatic heterocycles. The van der Waals surface area contributed by atoms with E-state index in [1.54, 1.807) is 29.8 Å². The van der Waals surface area contributed by atoms with Gasteiger partial charge in [0.1, 0.15) is 0 Å². The Kier molecular flexibility index (Phi) is 8.24. The molecule has 2 N–H and O–H groups in total. The molecule has 3 aliphatic heterocycles. The predicted molar refractivity (Wildman–Crippen MR) is 165 cm³/mol. The molecular weight excluding hydrogens is 566 g/mol. The molecule has 0 aliphatic carbocycles. The molecule has 1 amide bonds. The molecule has 0 radical (unpaired) electrons. The summed E-state index contributed by atoms with van der Waals surface area (Å²) in [5.74, 6) is 0.704. The average molecular weight is 608 g/mol. The number of fused-ring (bicyclic) bond motifs is 1. The van der Waals surface area contributed by atoms with Crippen molar-refractivity contribution in [3.05, 3.63) is 53.0 Å². The summed E-state index contributed by atoms with van der Waals surface area (Å²) in [6, 6.07) is 4.69. The minimum absolute atomic E-state index is 0.0770. The van der Waals surface area contributed by atoms with Crippen LogP contribution in [0.4, 0.5) is 5.82 Å². The van der Waals surface area contributed by atoms with Gasteiger partial charge in [0.2, 0.25) is 10.0 Å². The standard InChI is InChI=1S/C30H41N9O3S/c1-4-43(41,42)38-9-5-25(6-10-38)36-11-13-37(14-12-36)30(40)24-17-33-39(20-24)29-28(31)32-18-27(34-29)22-15-21(2)26-7-8-35(3)19-23(26)16-22/h15-18,20,25H,4-14,19H2,1-3H3,(H2,31,32). The van der Waals surface area contributed by atoms with Crippen LogP contribution in [0.15, 0.2) is 30.7 Å². The van der Waals surface area contributed by atoms with Gasteiger partial charge >= 0.3 is 0 Å². The van der Waals surface area contributed by atoms with Crippen molar-refractivity contribution in [3.8, 4) is 17.1 Å². The topological polar surface area (TPSA) is 134 Å². The lowest BCUT2D eigenvalue weighted by atomic mass is 9.92. The van der Waals surface area contributed by atoms with Crippen molar-refractivity contribution in [1.29, 1.82) is 0 Å². The number of carbonyl (C=O) groups excluding carboxylic acids is 1. The smallest absolute Gasteiger partial charge is 0.257 e. The number of piperidine rings is 1. The van der Waals surface area contributed by atoms with Crippen LogP contribution in [0.25, 0.3) is 17.1 Å². The molecule has 1 aromatic carbocycles.